The van der Waals surface area contributed by atoms with E-state index in [1.165, 1.54) is 18.5 Å². The molecule has 0 aliphatic carbocycles. The quantitative estimate of drug-likeness (QED) is 0.652. The van der Waals surface area contributed by atoms with Crippen molar-refractivity contribution in [2.24, 2.45) is 5.92 Å². The molecule has 1 aromatic heterocycles. The number of carbonyl (C=O) groups excluding carboxylic acids is 1. The van der Waals surface area contributed by atoms with Crippen molar-refractivity contribution in [3.8, 4) is 0 Å². The molecule has 178 valence electrons. The Labute approximate surface area is 190 Å². The molecule has 2 aromatic rings. The lowest BCUT2D eigenvalue weighted by molar-refractivity contribution is -0.137. The van der Waals surface area contributed by atoms with Gasteiger partial charge < -0.3 is 15.1 Å². The van der Waals surface area contributed by atoms with E-state index >= 15 is 4.39 Å². The lowest BCUT2D eigenvalue weighted by Crippen LogP contribution is -2.38. The zero-order valence-corrected chi connectivity index (χ0v) is 18.4. The van der Waals surface area contributed by atoms with Crippen molar-refractivity contribution in [2.45, 2.75) is 44.8 Å². The third-order valence-electron chi connectivity index (χ3n) is 6.54. The standard InChI is InChI=1S/C23H27F4N5O/c1-15(33)31-11-8-16(9-12-31)13-28-21-20(24)22(30-14-29-21)32-10-2-3-19(32)17-4-6-18(7-5-17)23(25,26)27/h4-7,14,16,19H,2-3,8-13H2,1H3,(H,28,29,30)/t19-/m1/s1. The maximum absolute atomic E-state index is 15.3. The summed E-state index contributed by atoms with van der Waals surface area (Å²) in [5, 5.41) is 3.09. The first-order valence-electron chi connectivity index (χ1n) is 11.2. The highest BCUT2D eigenvalue weighted by molar-refractivity contribution is 5.73. The molecule has 4 rings (SSSR count). The van der Waals surface area contributed by atoms with Crippen LogP contribution in [-0.2, 0) is 11.0 Å². The van der Waals surface area contributed by atoms with Crippen LogP contribution in [0.5, 0.6) is 0 Å². The number of hydrogen-bond acceptors (Lipinski definition) is 5. The van der Waals surface area contributed by atoms with Crippen molar-refractivity contribution >= 4 is 17.5 Å². The molecule has 1 amide bonds. The number of rotatable bonds is 5. The Kier molecular flexibility index (Phi) is 6.71. The molecule has 0 spiro atoms. The normalized spacial score (nSPS) is 19.7. The van der Waals surface area contributed by atoms with Crippen LogP contribution in [0, 0.1) is 11.7 Å². The van der Waals surface area contributed by atoms with Crippen LogP contribution < -0.4 is 10.2 Å². The molecule has 0 saturated carbocycles. The molecule has 2 aliphatic heterocycles. The molecule has 3 heterocycles. The van der Waals surface area contributed by atoms with Crippen molar-refractivity contribution < 1.29 is 22.4 Å². The van der Waals surface area contributed by atoms with Crippen molar-refractivity contribution in [3.05, 3.63) is 47.5 Å². The van der Waals surface area contributed by atoms with E-state index in [2.05, 4.69) is 15.3 Å². The molecular weight excluding hydrogens is 438 g/mol. The van der Waals surface area contributed by atoms with E-state index in [4.69, 9.17) is 0 Å². The number of likely N-dealkylation sites (tertiary alicyclic amines) is 1. The fraction of sp³-hybridized carbons (Fsp3) is 0.522. The van der Waals surface area contributed by atoms with Crippen LogP contribution in [-0.4, -0.2) is 47.0 Å². The van der Waals surface area contributed by atoms with Gasteiger partial charge in [0.15, 0.2) is 11.6 Å². The number of nitrogens with zero attached hydrogens (tertiary/aromatic N) is 4. The van der Waals surface area contributed by atoms with Crippen LogP contribution in [0.3, 0.4) is 0 Å². The van der Waals surface area contributed by atoms with Crippen molar-refractivity contribution in [1.82, 2.24) is 14.9 Å². The van der Waals surface area contributed by atoms with Gasteiger partial charge in [-0.1, -0.05) is 12.1 Å². The monoisotopic (exact) mass is 465 g/mol. The average molecular weight is 465 g/mol. The molecule has 1 N–H and O–H groups in total. The van der Waals surface area contributed by atoms with Crippen LogP contribution in [0.15, 0.2) is 30.6 Å². The highest BCUT2D eigenvalue weighted by Crippen LogP contribution is 2.38. The molecular formula is C23H27F4N5O. The molecule has 2 aliphatic rings. The Morgan fingerprint density at radius 1 is 1.09 bits per heavy atom. The van der Waals surface area contributed by atoms with Crippen molar-refractivity contribution in [1.29, 1.82) is 0 Å². The zero-order valence-electron chi connectivity index (χ0n) is 18.4. The van der Waals surface area contributed by atoms with Gasteiger partial charge >= 0.3 is 6.18 Å². The van der Waals surface area contributed by atoms with Crippen LogP contribution in [0.2, 0.25) is 0 Å². The summed E-state index contributed by atoms with van der Waals surface area (Å²) < 4.78 is 54.0. The molecule has 2 saturated heterocycles. The fourth-order valence-corrected chi connectivity index (χ4v) is 4.64. The minimum atomic E-state index is -4.39. The van der Waals surface area contributed by atoms with Gasteiger partial charge in [0.05, 0.1) is 11.6 Å². The van der Waals surface area contributed by atoms with Crippen LogP contribution in [0.1, 0.15) is 49.8 Å². The number of benzene rings is 1. The van der Waals surface area contributed by atoms with Crippen molar-refractivity contribution in [3.63, 3.8) is 0 Å². The van der Waals surface area contributed by atoms with Gasteiger partial charge in [-0.05, 0) is 49.3 Å². The molecule has 10 heteroatoms. The van der Waals surface area contributed by atoms with E-state index in [1.807, 2.05) is 4.90 Å². The van der Waals surface area contributed by atoms with Crippen LogP contribution >= 0.6 is 0 Å². The Morgan fingerprint density at radius 3 is 2.42 bits per heavy atom. The molecule has 1 atom stereocenters. The smallest absolute Gasteiger partial charge is 0.367 e. The summed E-state index contributed by atoms with van der Waals surface area (Å²) in [6, 6.07) is 4.79. The van der Waals surface area contributed by atoms with Crippen molar-refractivity contribution in [2.75, 3.05) is 36.4 Å². The van der Waals surface area contributed by atoms with Gasteiger partial charge in [-0.2, -0.15) is 17.6 Å². The SMILES string of the molecule is CC(=O)N1CCC(CNc2ncnc(N3CCC[C@@H]3c3ccc(C(F)(F)F)cc3)c2F)CC1. The van der Waals surface area contributed by atoms with Crippen LogP contribution in [0.25, 0.3) is 0 Å². The number of piperidine rings is 1. The number of aromatic nitrogens is 2. The fourth-order valence-electron chi connectivity index (χ4n) is 4.64. The Hall–Kier alpha value is -2.91. The lowest BCUT2D eigenvalue weighted by Gasteiger charge is -2.31. The molecule has 0 unspecified atom stereocenters. The summed E-state index contributed by atoms with van der Waals surface area (Å²) >= 11 is 0. The topological polar surface area (TPSA) is 61.4 Å². The van der Waals surface area contributed by atoms with E-state index < -0.39 is 17.6 Å². The minimum Gasteiger partial charge on any atom is -0.367 e. The molecule has 0 bridgehead atoms. The highest BCUT2D eigenvalue weighted by atomic mass is 19.4. The molecule has 0 radical (unpaired) electrons. The van der Waals surface area contributed by atoms with E-state index in [1.54, 1.807) is 11.8 Å². The number of hydrogen-bond donors (Lipinski definition) is 1. The largest absolute Gasteiger partial charge is 0.416 e. The first kappa shape index (κ1) is 23.3. The van der Waals surface area contributed by atoms with E-state index in [0.717, 1.165) is 31.4 Å². The second-order valence-corrected chi connectivity index (χ2v) is 8.66. The van der Waals surface area contributed by atoms with Gasteiger partial charge in [0.1, 0.15) is 6.33 Å². The second-order valence-electron chi connectivity index (χ2n) is 8.66. The number of nitrogens with one attached hydrogen (secondary N) is 1. The summed E-state index contributed by atoms with van der Waals surface area (Å²) in [7, 11) is 0. The van der Waals surface area contributed by atoms with Gasteiger partial charge in [-0.25, -0.2) is 9.97 Å². The van der Waals surface area contributed by atoms with E-state index in [0.29, 0.717) is 44.1 Å². The minimum absolute atomic E-state index is 0.0705. The highest BCUT2D eigenvalue weighted by Gasteiger charge is 2.33. The van der Waals surface area contributed by atoms with Gasteiger partial charge in [0.25, 0.3) is 0 Å². The van der Waals surface area contributed by atoms with Gasteiger partial charge in [-0.15, -0.1) is 0 Å². The second kappa shape index (κ2) is 9.52. The number of halogens is 4. The Morgan fingerprint density at radius 2 is 1.79 bits per heavy atom. The van der Waals surface area contributed by atoms with E-state index in [-0.39, 0.29) is 23.6 Å². The number of carbonyl (C=O) groups is 1. The Balaban J connectivity index is 1.44. The summed E-state index contributed by atoms with van der Waals surface area (Å²) in [6.07, 6.45) is 0.0819. The molecule has 1 aromatic carbocycles. The third kappa shape index (κ3) is 5.20. The zero-order chi connectivity index (χ0) is 23.6. The number of amides is 1. The third-order valence-corrected chi connectivity index (χ3v) is 6.54. The molecule has 6 nitrogen and oxygen atoms in total. The maximum Gasteiger partial charge on any atom is 0.416 e. The first-order valence-corrected chi connectivity index (χ1v) is 11.2. The van der Waals surface area contributed by atoms with Gasteiger partial charge in [-0.3, -0.25) is 4.79 Å². The predicted molar refractivity (Wildman–Crippen MR) is 116 cm³/mol. The van der Waals surface area contributed by atoms with Gasteiger partial charge in [0, 0.05) is 33.1 Å². The van der Waals surface area contributed by atoms with Crippen LogP contribution in [0.4, 0.5) is 29.2 Å². The average Bonchev–Trinajstić information content (AvgIpc) is 3.28. The molecule has 33 heavy (non-hydrogen) atoms. The first-order chi connectivity index (χ1) is 15.7. The maximum atomic E-state index is 15.3. The lowest BCUT2D eigenvalue weighted by atomic mass is 9.97. The van der Waals surface area contributed by atoms with Gasteiger partial charge in [0.2, 0.25) is 11.7 Å². The van der Waals surface area contributed by atoms with E-state index in [9.17, 15) is 18.0 Å². The number of alkyl halides is 3. The summed E-state index contributed by atoms with van der Waals surface area (Å²) in [5.41, 5.74) is -0.00473. The summed E-state index contributed by atoms with van der Waals surface area (Å²) in [5.74, 6) is 0.0945. The number of anilines is 2. The molecule has 2 fully saturated rings. The Bertz CT molecular complexity index is 974. The summed E-state index contributed by atoms with van der Waals surface area (Å²) in [4.78, 5) is 23.3. The predicted octanol–water partition coefficient (Wildman–Crippen LogP) is 4.65. The summed E-state index contributed by atoms with van der Waals surface area (Å²) in [6.45, 7) is 4.06.